The highest BCUT2D eigenvalue weighted by molar-refractivity contribution is 6.22. The summed E-state index contributed by atoms with van der Waals surface area (Å²) < 4.78 is 22.3. The Kier molecular flexibility index (Phi) is 5.79. The van der Waals surface area contributed by atoms with E-state index in [1.54, 1.807) is 0 Å². The smallest absolute Gasteiger partial charge is 0.136 e. The number of rotatable bonds is 4. The summed E-state index contributed by atoms with van der Waals surface area (Å²) in [7, 11) is 0. The second-order valence-corrected chi connectivity index (χ2v) is 12.7. The lowest BCUT2D eigenvalue weighted by Crippen LogP contribution is -1.91. The summed E-state index contributed by atoms with van der Waals surface area (Å²) >= 11 is 0. The van der Waals surface area contributed by atoms with Gasteiger partial charge in [-0.25, -0.2) is 0 Å². The highest BCUT2D eigenvalue weighted by Gasteiger charge is 2.17. The van der Waals surface area contributed by atoms with Gasteiger partial charge < -0.3 is 4.42 Å². The van der Waals surface area contributed by atoms with Crippen molar-refractivity contribution in [2.75, 3.05) is 0 Å². The molecule has 0 aliphatic carbocycles. The molecule has 0 N–H and O–H groups in total. The van der Waals surface area contributed by atoms with Gasteiger partial charge >= 0.3 is 0 Å². The number of hydrogen-bond donors (Lipinski definition) is 0. The van der Waals surface area contributed by atoms with Gasteiger partial charge in [0.2, 0.25) is 0 Å². The van der Waals surface area contributed by atoms with E-state index in [9.17, 15) is 0 Å². The van der Waals surface area contributed by atoms with Crippen molar-refractivity contribution in [2.45, 2.75) is 0 Å². The zero-order chi connectivity index (χ0) is 34.1. The number of fused-ring (bicyclic) bond motifs is 6. The fourth-order valence-corrected chi connectivity index (χ4v) is 7.60. The Hall–Kier alpha value is -6.44. The van der Waals surface area contributed by atoms with Gasteiger partial charge in [-0.05, 0) is 113 Å². The molecule has 1 aromatic heterocycles. The highest BCUT2D eigenvalue weighted by atomic mass is 16.3. The minimum Gasteiger partial charge on any atom is -0.456 e. The summed E-state index contributed by atoms with van der Waals surface area (Å²) in [6.45, 7) is 0. The van der Waals surface area contributed by atoms with Crippen LogP contribution in [0.2, 0.25) is 0 Å². The largest absolute Gasteiger partial charge is 0.456 e. The molecule has 1 heteroatoms. The van der Waals surface area contributed by atoms with E-state index in [1.165, 1.54) is 43.8 Å². The van der Waals surface area contributed by atoms with E-state index >= 15 is 0 Å². The van der Waals surface area contributed by atoms with Crippen LogP contribution in [0.5, 0.6) is 0 Å². The first kappa shape index (κ1) is 25.6. The molecule has 228 valence electrons. The third-order valence-electron chi connectivity index (χ3n) is 9.91. The summed E-state index contributed by atoms with van der Waals surface area (Å²) in [5.74, 6) is 0. The average Bonchev–Trinajstić information content (AvgIpc) is 3.54. The number of benzene rings is 9. The van der Waals surface area contributed by atoms with Crippen LogP contribution in [-0.4, -0.2) is 0 Å². The molecule has 0 saturated heterocycles. The molecular weight excluding hydrogens is 593 g/mol. The fraction of sp³-hybridized carbons (Fsp3) is 0. The molecule has 10 aromatic rings. The lowest BCUT2D eigenvalue weighted by atomic mass is 9.85. The van der Waals surface area contributed by atoms with E-state index in [0.29, 0.717) is 12.1 Å². The van der Waals surface area contributed by atoms with E-state index in [0.717, 1.165) is 55.0 Å². The maximum absolute atomic E-state index is 8.08. The molecule has 0 fully saturated rings. The van der Waals surface area contributed by atoms with Gasteiger partial charge in [0.1, 0.15) is 11.2 Å². The number of hydrogen-bond acceptors (Lipinski definition) is 1. The van der Waals surface area contributed by atoms with Gasteiger partial charge in [0, 0.05) is 10.8 Å². The van der Waals surface area contributed by atoms with Crippen LogP contribution in [0.4, 0.5) is 0 Å². The summed E-state index contributed by atoms with van der Waals surface area (Å²) in [6.07, 6.45) is 0. The Morgan fingerprint density at radius 3 is 1.65 bits per heavy atom. The maximum atomic E-state index is 8.08. The molecular formula is C48H30O. The zero-order valence-corrected chi connectivity index (χ0v) is 26.6. The Bertz CT molecular complexity index is 2930. The SMILES string of the molecule is [2H]c1ccc(-c2ccc3c(c2)oc2ccc(-c4cccc(-c5c6ccccc6c(-c6ccc7cc([2H])ccc7c6)c6ccccc56)c4)cc23)cc1. The minimum absolute atomic E-state index is 0.504. The van der Waals surface area contributed by atoms with Crippen LogP contribution in [0.1, 0.15) is 2.74 Å². The topological polar surface area (TPSA) is 13.1 Å². The van der Waals surface area contributed by atoms with Crippen molar-refractivity contribution < 1.29 is 7.16 Å². The standard InChI is InChI=1S/C48H30O/c1-2-11-31(12-3-1)36-23-25-39-44-29-35(24-26-45(44)49-46(39)30-36)34-15-10-16-37(28-34)47-40-17-6-8-19-42(40)48(43-20-9-7-18-41(43)47)38-22-21-32-13-4-5-14-33(32)27-38/h1-30H/i1D,4D. The van der Waals surface area contributed by atoms with E-state index in [2.05, 4.69) is 127 Å². The molecule has 0 radical (unpaired) electrons. The molecule has 49 heavy (non-hydrogen) atoms. The lowest BCUT2D eigenvalue weighted by Gasteiger charge is -2.18. The molecule has 1 nitrogen and oxygen atoms in total. The lowest BCUT2D eigenvalue weighted by molar-refractivity contribution is 0.669. The van der Waals surface area contributed by atoms with Gasteiger partial charge in [-0.1, -0.05) is 146 Å². The summed E-state index contributed by atoms with van der Waals surface area (Å²) in [4.78, 5) is 0. The quantitative estimate of drug-likeness (QED) is 0.178. The summed E-state index contributed by atoms with van der Waals surface area (Å²) in [5.41, 5.74) is 11.0. The van der Waals surface area contributed by atoms with Crippen molar-refractivity contribution in [3.8, 4) is 44.5 Å². The van der Waals surface area contributed by atoms with Gasteiger partial charge in [-0.15, -0.1) is 0 Å². The van der Waals surface area contributed by atoms with E-state index < -0.39 is 0 Å². The summed E-state index contributed by atoms with van der Waals surface area (Å²) in [5, 5.41) is 9.26. The molecule has 0 atom stereocenters. The van der Waals surface area contributed by atoms with Crippen molar-refractivity contribution in [1.29, 1.82) is 0 Å². The first-order valence-corrected chi connectivity index (χ1v) is 16.7. The molecule has 9 aromatic carbocycles. The van der Waals surface area contributed by atoms with Crippen LogP contribution in [-0.2, 0) is 0 Å². The van der Waals surface area contributed by atoms with Gasteiger partial charge in [0.25, 0.3) is 0 Å². The fourth-order valence-electron chi connectivity index (χ4n) is 7.60. The molecule has 0 aliphatic rings. The summed E-state index contributed by atoms with van der Waals surface area (Å²) in [6, 6.07) is 60.4. The highest BCUT2D eigenvalue weighted by Crippen LogP contribution is 2.45. The van der Waals surface area contributed by atoms with Crippen LogP contribution >= 0.6 is 0 Å². The van der Waals surface area contributed by atoms with Crippen molar-refractivity contribution in [3.63, 3.8) is 0 Å². The monoisotopic (exact) mass is 624 g/mol. The Labute approximate surface area is 287 Å². The molecule has 0 amide bonds. The Morgan fingerprint density at radius 1 is 0.306 bits per heavy atom. The normalized spacial score (nSPS) is 12.2. The molecule has 0 spiro atoms. The molecule has 1 heterocycles. The predicted octanol–water partition coefficient (Wildman–Crippen LogP) is 13.7. The average molecular weight is 625 g/mol. The predicted molar refractivity (Wildman–Crippen MR) is 208 cm³/mol. The first-order valence-electron chi connectivity index (χ1n) is 17.7. The Morgan fingerprint density at radius 2 is 0.898 bits per heavy atom. The van der Waals surface area contributed by atoms with Crippen LogP contribution < -0.4 is 0 Å². The number of furan rings is 1. The Balaban J connectivity index is 1.12. The van der Waals surface area contributed by atoms with Gasteiger partial charge in [-0.3, -0.25) is 0 Å². The van der Waals surface area contributed by atoms with Crippen molar-refractivity contribution in [1.82, 2.24) is 0 Å². The van der Waals surface area contributed by atoms with Crippen molar-refractivity contribution >= 4 is 54.3 Å². The van der Waals surface area contributed by atoms with Crippen LogP contribution in [0.25, 0.3) is 98.8 Å². The van der Waals surface area contributed by atoms with Crippen LogP contribution in [0.15, 0.2) is 186 Å². The molecule has 10 rings (SSSR count). The second-order valence-electron chi connectivity index (χ2n) is 12.7. The van der Waals surface area contributed by atoms with Crippen LogP contribution in [0, 0.1) is 0 Å². The van der Waals surface area contributed by atoms with Crippen molar-refractivity contribution in [2.24, 2.45) is 0 Å². The molecule has 0 bridgehead atoms. The van der Waals surface area contributed by atoms with Gasteiger partial charge in [0.15, 0.2) is 0 Å². The second kappa shape index (κ2) is 11.1. The van der Waals surface area contributed by atoms with E-state index in [4.69, 9.17) is 7.16 Å². The van der Waals surface area contributed by atoms with Crippen LogP contribution in [0.3, 0.4) is 0 Å². The van der Waals surface area contributed by atoms with Crippen molar-refractivity contribution in [3.05, 3.63) is 182 Å². The molecule has 0 aliphatic heterocycles. The minimum atomic E-state index is 0.504. The van der Waals surface area contributed by atoms with E-state index in [-0.39, 0.29) is 0 Å². The van der Waals surface area contributed by atoms with E-state index in [1.807, 2.05) is 42.5 Å². The molecule has 0 saturated carbocycles. The third kappa shape index (κ3) is 4.55. The third-order valence-corrected chi connectivity index (χ3v) is 9.91. The first-order chi connectivity index (χ1) is 25.1. The van der Waals surface area contributed by atoms with Gasteiger partial charge in [-0.2, -0.15) is 0 Å². The maximum Gasteiger partial charge on any atom is 0.136 e. The molecule has 0 unspecified atom stereocenters. The zero-order valence-electron chi connectivity index (χ0n) is 28.6. The van der Waals surface area contributed by atoms with Gasteiger partial charge in [0.05, 0.1) is 2.74 Å².